The van der Waals surface area contributed by atoms with Gasteiger partial charge in [-0.15, -0.1) is 0 Å². The number of anilines is 1. The van der Waals surface area contributed by atoms with Gasteiger partial charge in [0.25, 0.3) is 5.91 Å². The van der Waals surface area contributed by atoms with Crippen molar-refractivity contribution in [3.05, 3.63) is 76.3 Å². The Morgan fingerprint density at radius 3 is 2.81 bits per heavy atom. The van der Waals surface area contributed by atoms with Crippen molar-refractivity contribution in [1.29, 1.82) is 0 Å². The summed E-state index contributed by atoms with van der Waals surface area (Å²) in [6.07, 6.45) is 7.67. The summed E-state index contributed by atoms with van der Waals surface area (Å²) in [6, 6.07) is 14.3. The number of hydrogen-bond donors (Lipinski definition) is 2. The number of amides is 1. The normalized spacial score (nSPS) is 22.7. The maximum absolute atomic E-state index is 12.8. The number of halogens is 1. The first kappa shape index (κ1) is 18.1. The standard InChI is InChI=1S/C23H25ClN2O/c1-2-3-14-25-23(27)20-9-5-8-19-17-6-4-7-18(17)21(26-22(19)20)15-10-12-16(24)13-11-15/h4-6,8-13,17-18,21,26H,2-3,7,14H2,1H3,(H,25,27). The van der Waals surface area contributed by atoms with E-state index >= 15 is 0 Å². The molecular formula is C23H25ClN2O. The van der Waals surface area contributed by atoms with E-state index in [-0.39, 0.29) is 11.9 Å². The van der Waals surface area contributed by atoms with Gasteiger partial charge in [0.1, 0.15) is 0 Å². The van der Waals surface area contributed by atoms with Crippen LogP contribution in [0.2, 0.25) is 5.02 Å². The molecule has 1 aliphatic carbocycles. The highest BCUT2D eigenvalue weighted by atomic mass is 35.5. The molecule has 3 unspecified atom stereocenters. The summed E-state index contributed by atoms with van der Waals surface area (Å²) in [5.74, 6) is 0.797. The van der Waals surface area contributed by atoms with Crippen LogP contribution in [0.5, 0.6) is 0 Å². The third-order valence-corrected chi connectivity index (χ3v) is 5.94. The lowest BCUT2D eigenvalue weighted by Crippen LogP contribution is -2.32. The Hall–Kier alpha value is -2.26. The summed E-state index contributed by atoms with van der Waals surface area (Å²) in [4.78, 5) is 12.8. The number of carbonyl (C=O) groups excluding carboxylic acids is 1. The van der Waals surface area contributed by atoms with E-state index in [0.717, 1.165) is 35.5 Å². The Kier molecular flexibility index (Phi) is 5.22. The highest BCUT2D eigenvalue weighted by molar-refractivity contribution is 6.30. The molecule has 4 heteroatoms. The molecule has 0 saturated heterocycles. The van der Waals surface area contributed by atoms with E-state index in [4.69, 9.17) is 11.6 Å². The van der Waals surface area contributed by atoms with E-state index in [2.05, 4.69) is 47.9 Å². The van der Waals surface area contributed by atoms with Gasteiger partial charge >= 0.3 is 0 Å². The summed E-state index contributed by atoms with van der Waals surface area (Å²) in [6.45, 7) is 2.84. The van der Waals surface area contributed by atoms with Gasteiger partial charge in [0.05, 0.1) is 17.3 Å². The summed E-state index contributed by atoms with van der Waals surface area (Å²) >= 11 is 6.08. The predicted octanol–water partition coefficient (Wildman–Crippen LogP) is 5.70. The second-order valence-electron chi connectivity index (χ2n) is 7.41. The van der Waals surface area contributed by atoms with Crippen molar-refractivity contribution in [2.45, 2.75) is 38.1 Å². The molecule has 140 valence electrons. The van der Waals surface area contributed by atoms with Crippen LogP contribution in [-0.2, 0) is 0 Å². The van der Waals surface area contributed by atoms with Crippen LogP contribution in [0, 0.1) is 5.92 Å². The zero-order chi connectivity index (χ0) is 18.8. The second kappa shape index (κ2) is 7.77. The fraction of sp³-hybridized carbons (Fsp3) is 0.348. The van der Waals surface area contributed by atoms with Crippen molar-refractivity contribution in [3.63, 3.8) is 0 Å². The summed E-state index contributed by atoms with van der Waals surface area (Å²) < 4.78 is 0. The van der Waals surface area contributed by atoms with E-state index in [1.165, 1.54) is 11.1 Å². The molecule has 1 heterocycles. The lowest BCUT2D eigenvalue weighted by atomic mass is 9.76. The van der Waals surface area contributed by atoms with Crippen LogP contribution in [0.25, 0.3) is 0 Å². The van der Waals surface area contributed by atoms with Gasteiger partial charge in [-0.2, -0.15) is 0 Å². The second-order valence-corrected chi connectivity index (χ2v) is 7.84. The molecule has 2 N–H and O–H groups in total. The molecule has 2 aliphatic rings. The first-order chi connectivity index (χ1) is 13.2. The van der Waals surface area contributed by atoms with Crippen molar-refractivity contribution in [2.75, 3.05) is 11.9 Å². The molecule has 3 nitrogen and oxygen atoms in total. The third-order valence-electron chi connectivity index (χ3n) is 5.69. The Balaban J connectivity index is 1.70. The summed E-state index contributed by atoms with van der Waals surface area (Å²) in [5, 5.41) is 7.50. The number of fused-ring (bicyclic) bond motifs is 3. The van der Waals surface area contributed by atoms with Crippen molar-refractivity contribution in [1.82, 2.24) is 5.32 Å². The molecule has 1 aliphatic heterocycles. The number of unbranched alkanes of at least 4 members (excludes halogenated alkanes) is 1. The quantitative estimate of drug-likeness (QED) is 0.516. The number of carbonyl (C=O) groups is 1. The molecule has 1 amide bonds. The Bertz CT molecular complexity index is 859. The van der Waals surface area contributed by atoms with Crippen molar-refractivity contribution in [2.24, 2.45) is 5.92 Å². The topological polar surface area (TPSA) is 41.1 Å². The van der Waals surface area contributed by atoms with Crippen LogP contribution in [-0.4, -0.2) is 12.5 Å². The number of rotatable bonds is 5. The SMILES string of the molecule is CCCCNC(=O)c1cccc2c1NC(c1ccc(Cl)cc1)C1CC=CC21. The van der Waals surface area contributed by atoms with Gasteiger partial charge < -0.3 is 10.6 Å². The van der Waals surface area contributed by atoms with Gasteiger partial charge in [0, 0.05) is 17.5 Å². The molecule has 0 bridgehead atoms. The van der Waals surface area contributed by atoms with Gasteiger partial charge in [-0.25, -0.2) is 0 Å². The smallest absolute Gasteiger partial charge is 0.253 e. The minimum Gasteiger partial charge on any atom is -0.377 e. The van der Waals surface area contributed by atoms with Gasteiger partial charge in [-0.3, -0.25) is 4.79 Å². The van der Waals surface area contributed by atoms with Crippen LogP contribution >= 0.6 is 11.6 Å². The van der Waals surface area contributed by atoms with Gasteiger partial charge in [-0.05, 0) is 48.1 Å². The first-order valence-corrected chi connectivity index (χ1v) is 10.2. The molecule has 0 aromatic heterocycles. The van der Waals surface area contributed by atoms with E-state index in [1.54, 1.807) is 0 Å². The van der Waals surface area contributed by atoms with Crippen LogP contribution in [0.15, 0.2) is 54.6 Å². The Morgan fingerprint density at radius 1 is 1.22 bits per heavy atom. The number of allylic oxidation sites excluding steroid dienone is 2. The first-order valence-electron chi connectivity index (χ1n) is 9.79. The maximum Gasteiger partial charge on any atom is 0.253 e. The van der Waals surface area contributed by atoms with Gasteiger partial charge in [0.15, 0.2) is 0 Å². The Morgan fingerprint density at radius 2 is 2.04 bits per heavy atom. The molecule has 0 saturated carbocycles. The van der Waals surface area contributed by atoms with Crippen LogP contribution in [0.3, 0.4) is 0 Å². The van der Waals surface area contributed by atoms with Crippen LogP contribution in [0.4, 0.5) is 5.69 Å². The summed E-state index contributed by atoms with van der Waals surface area (Å²) in [5.41, 5.74) is 4.15. The van der Waals surface area contributed by atoms with Gasteiger partial charge in [-0.1, -0.05) is 61.4 Å². The zero-order valence-electron chi connectivity index (χ0n) is 15.5. The Labute approximate surface area is 165 Å². The van der Waals surface area contributed by atoms with E-state index in [1.807, 2.05) is 24.3 Å². The number of hydrogen-bond acceptors (Lipinski definition) is 2. The molecule has 0 radical (unpaired) electrons. The fourth-order valence-electron chi connectivity index (χ4n) is 4.28. The van der Waals surface area contributed by atoms with Crippen molar-refractivity contribution < 1.29 is 4.79 Å². The van der Waals surface area contributed by atoms with Gasteiger partial charge in [0.2, 0.25) is 0 Å². The van der Waals surface area contributed by atoms with Crippen molar-refractivity contribution >= 4 is 23.2 Å². The predicted molar refractivity (Wildman–Crippen MR) is 111 cm³/mol. The average Bonchev–Trinajstić information content (AvgIpc) is 3.18. The summed E-state index contributed by atoms with van der Waals surface area (Å²) in [7, 11) is 0. The minimum atomic E-state index is 0.00285. The molecule has 4 rings (SSSR count). The molecule has 2 aromatic carbocycles. The fourth-order valence-corrected chi connectivity index (χ4v) is 4.41. The highest BCUT2D eigenvalue weighted by Crippen LogP contribution is 2.50. The molecule has 2 aromatic rings. The van der Waals surface area contributed by atoms with E-state index < -0.39 is 0 Å². The van der Waals surface area contributed by atoms with Crippen LogP contribution < -0.4 is 10.6 Å². The zero-order valence-corrected chi connectivity index (χ0v) is 16.3. The average molecular weight is 381 g/mol. The maximum atomic E-state index is 12.8. The largest absolute Gasteiger partial charge is 0.377 e. The lowest BCUT2D eigenvalue weighted by Gasteiger charge is -2.38. The molecular weight excluding hydrogens is 356 g/mol. The third kappa shape index (κ3) is 3.49. The monoisotopic (exact) mass is 380 g/mol. The van der Waals surface area contributed by atoms with Crippen molar-refractivity contribution in [3.8, 4) is 0 Å². The highest BCUT2D eigenvalue weighted by Gasteiger charge is 2.39. The number of benzene rings is 2. The molecule has 0 spiro atoms. The van der Waals surface area contributed by atoms with E-state index in [0.29, 0.717) is 18.4 Å². The number of para-hydroxylation sites is 1. The molecule has 3 atom stereocenters. The number of nitrogens with one attached hydrogen (secondary N) is 2. The molecule has 0 fully saturated rings. The molecule has 27 heavy (non-hydrogen) atoms. The minimum absolute atomic E-state index is 0.00285. The van der Waals surface area contributed by atoms with Crippen LogP contribution in [0.1, 0.15) is 59.6 Å². The van der Waals surface area contributed by atoms with E-state index in [9.17, 15) is 4.79 Å². The lowest BCUT2D eigenvalue weighted by molar-refractivity contribution is 0.0953.